The Morgan fingerprint density at radius 1 is 1.37 bits per heavy atom. The Morgan fingerprint density at radius 2 is 2.05 bits per heavy atom. The molecule has 1 fully saturated rings. The summed E-state index contributed by atoms with van der Waals surface area (Å²) in [5.74, 6) is -0.282. The first-order valence-electron chi connectivity index (χ1n) is 6.69. The monoisotopic (exact) mass is 282 g/mol. The van der Waals surface area contributed by atoms with Crippen molar-refractivity contribution < 1.29 is 4.79 Å². The fourth-order valence-electron chi connectivity index (χ4n) is 2.24. The van der Waals surface area contributed by atoms with Crippen LogP contribution in [0.25, 0.3) is 0 Å². The molecule has 5 nitrogen and oxygen atoms in total. The van der Waals surface area contributed by atoms with E-state index in [0.717, 1.165) is 23.0 Å². The van der Waals surface area contributed by atoms with Crippen LogP contribution in [0.4, 0.5) is 5.13 Å². The Kier molecular flexibility index (Phi) is 3.80. The quantitative estimate of drug-likeness (QED) is 0.899. The Hall–Kier alpha value is -1.17. The maximum atomic E-state index is 11.4. The zero-order valence-electron chi connectivity index (χ0n) is 12.0. The third-order valence-corrected chi connectivity index (χ3v) is 4.97. The van der Waals surface area contributed by atoms with Crippen LogP contribution in [0, 0.1) is 5.92 Å². The first-order chi connectivity index (χ1) is 8.79. The number of primary amides is 1. The molecular formula is C13H22N4OS. The minimum absolute atomic E-state index is 0.0119. The van der Waals surface area contributed by atoms with Crippen molar-refractivity contribution >= 4 is 22.4 Å². The van der Waals surface area contributed by atoms with E-state index in [1.54, 1.807) is 11.3 Å². The van der Waals surface area contributed by atoms with E-state index in [1.165, 1.54) is 0 Å². The summed E-state index contributed by atoms with van der Waals surface area (Å²) in [6.07, 6.45) is 1.84. The van der Waals surface area contributed by atoms with Gasteiger partial charge in [-0.05, 0) is 19.8 Å². The van der Waals surface area contributed by atoms with E-state index >= 15 is 0 Å². The molecule has 1 aliphatic heterocycles. The molecule has 0 aromatic carbocycles. The van der Waals surface area contributed by atoms with Crippen LogP contribution in [0.1, 0.15) is 45.5 Å². The lowest BCUT2D eigenvalue weighted by atomic mass is 9.93. The Labute approximate surface area is 118 Å². The van der Waals surface area contributed by atoms with Gasteiger partial charge in [0.05, 0.1) is 5.92 Å². The first kappa shape index (κ1) is 14.2. The largest absolute Gasteiger partial charge is 0.369 e. The van der Waals surface area contributed by atoms with Gasteiger partial charge >= 0.3 is 0 Å². The molecule has 1 aromatic heterocycles. The topological polar surface area (TPSA) is 72.1 Å². The number of piperidine rings is 1. The number of anilines is 1. The molecule has 106 valence electrons. The van der Waals surface area contributed by atoms with Gasteiger partial charge in [0.2, 0.25) is 11.0 Å². The van der Waals surface area contributed by atoms with Crippen LogP contribution in [0.2, 0.25) is 0 Å². The van der Waals surface area contributed by atoms with Gasteiger partial charge in [-0.1, -0.05) is 32.1 Å². The van der Waals surface area contributed by atoms with Crippen LogP contribution >= 0.6 is 11.3 Å². The predicted octanol–water partition coefficient (Wildman–Crippen LogP) is 1.93. The standard InChI is InChI=1S/C13H22N4OS/c1-8-5-6-9(10(14)18)7-17(8)12-16-15-11(19-12)13(2,3)4/h8-9H,5-7H2,1-4H3,(H2,14,18)/t8-,9+/m0/s1. The number of amides is 1. The van der Waals surface area contributed by atoms with Crippen molar-refractivity contribution in [3.05, 3.63) is 5.01 Å². The van der Waals surface area contributed by atoms with Gasteiger partial charge in [-0.15, -0.1) is 10.2 Å². The summed E-state index contributed by atoms with van der Waals surface area (Å²) in [5.41, 5.74) is 5.44. The summed E-state index contributed by atoms with van der Waals surface area (Å²) < 4.78 is 0. The van der Waals surface area contributed by atoms with Gasteiger partial charge in [0.25, 0.3) is 0 Å². The average molecular weight is 282 g/mol. The molecule has 0 bridgehead atoms. The molecule has 1 aromatic rings. The normalized spacial score (nSPS) is 24.5. The van der Waals surface area contributed by atoms with E-state index in [9.17, 15) is 4.79 Å². The lowest BCUT2D eigenvalue weighted by Crippen LogP contribution is -2.45. The molecule has 2 N–H and O–H groups in total. The smallest absolute Gasteiger partial charge is 0.222 e. The van der Waals surface area contributed by atoms with Crippen molar-refractivity contribution in [1.82, 2.24) is 10.2 Å². The van der Waals surface area contributed by atoms with Crippen molar-refractivity contribution in [2.24, 2.45) is 11.7 Å². The maximum absolute atomic E-state index is 11.4. The van der Waals surface area contributed by atoms with E-state index in [1.807, 2.05) is 0 Å². The molecule has 2 heterocycles. The molecule has 0 radical (unpaired) electrons. The number of carbonyl (C=O) groups is 1. The average Bonchev–Trinajstić information content (AvgIpc) is 2.78. The lowest BCUT2D eigenvalue weighted by Gasteiger charge is -2.36. The summed E-state index contributed by atoms with van der Waals surface area (Å²) in [7, 11) is 0. The third kappa shape index (κ3) is 3.05. The van der Waals surface area contributed by atoms with Crippen LogP contribution in [-0.2, 0) is 10.2 Å². The minimum atomic E-state index is -0.211. The number of nitrogens with two attached hydrogens (primary N) is 1. The van der Waals surface area contributed by atoms with E-state index in [0.29, 0.717) is 12.6 Å². The third-order valence-electron chi connectivity index (χ3n) is 3.59. The highest BCUT2D eigenvalue weighted by atomic mass is 32.1. The van der Waals surface area contributed by atoms with Gasteiger partial charge in [0.15, 0.2) is 0 Å². The van der Waals surface area contributed by atoms with Crippen molar-refractivity contribution in [3.63, 3.8) is 0 Å². The van der Waals surface area contributed by atoms with E-state index in [-0.39, 0.29) is 17.2 Å². The number of nitrogens with zero attached hydrogens (tertiary/aromatic N) is 3. The van der Waals surface area contributed by atoms with Crippen LogP contribution in [0.5, 0.6) is 0 Å². The van der Waals surface area contributed by atoms with Crippen LogP contribution in [-0.4, -0.2) is 28.7 Å². The van der Waals surface area contributed by atoms with Crippen molar-refractivity contribution in [2.45, 2.75) is 52.0 Å². The van der Waals surface area contributed by atoms with E-state index < -0.39 is 0 Å². The van der Waals surface area contributed by atoms with Crippen LogP contribution in [0.15, 0.2) is 0 Å². The number of carbonyl (C=O) groups excluding carboxylic acids is 1. The summed E-state index contributed by atoms with van der Waals surface area (Å²) in [6.45, 7) is 9.21. The molecular weight excluding hydrogens is 260 g/mol. The van der Waals surface area contributed by atoms with E-state index in [2.05, 4.69) is 42.8 Å². The molecule has 0 spiro atoms. The summed E-state index contributed by atoms with van der Waals surface area (Å²) in [4.78, 5) is 13.5. The van der Waals surface area contributed by atoms with Gasteiger partial charge in [-0.2, -0.15) is 0 Å². The van der Waals surface area contributed by atoms with Gasteiger partial charge in [0.1, 0.15) is 5.01 Å². The minimum Gasteiger partial charge on any atom is -0.369 e. The van der Waals surface area contributed by atoms with Crippen molar-refractivity contribution in [3.8, 4) is 0 Å². The molecule has 19 heavy (non-hydrogen) atoms. The summed E-state index contributed by atoms with van der Waals surface area (Å²) in [6, 6.07) is 0.386. The van der Waals surface area contributed by atoms with Crippen molar-refractivity contribution in [1.29, 1.82) is 0 Å². The fourth-order valence-corrected chi connectivity index (χ4v) is 3.25. The van der Waals surface area contributed by atoms with E-state index in [4.69, 9.17) is 5.73 Å². The second kappa shape index (κ2) is 5.07. The Balaban J connectivity index is 2.19. The maximum Gasteiger partial charge on any atom is 0.222 e. The van der Waals surface area contributed by atoms with Crippen LogP contribution in [0.3, 0.4) is 0 Å². The fraction of sp³-hybridized carbons (Fsp3) is 0.769. The molecule has 6 heteroatoms. The zero-order valence-corrected chi connectivity index (χ0v) is 12.8. The van der Waals surface area contributed by atoms with Gasteiger partial charge < -0.3 is 10.6 Å². The lowest BCUT2D eigenvalue weighted by molar-refractivity contribution is -0.122. The molecule has 0 aliphatic carbocycles. The molecule has 2 atom stereocenters. The molecule has 1 amide bonds. The molecule has 0 unspecified atom stereocenters. The molecule has 1 saturated heterocycles. The molecule has 0 saturated carbocycles. The Morgan fingerprint density at radius 3 is 2.58 bits per heavy atom. The number of rotatable bonds is 2. The highest BCUT2D eigenvalue weighted by molar-refractivity contribution is 7.15. The van der Waals surface area contributed by atoms with Crippen molar-refractivity contribution in [2.75, 3.05) is 11.4 Å². The summed E-state index contributed by atoms with van der Waals surface area (Å²) in [5, 5.41) is 10.5. The number of aromatic nitrogens is 2. The predicted molar refractivity (Wildman–Crippen MR) is 77.3 cm³/mol. The second-order valence-electron chi connectivity index (χ2n) is 6.32. The molecule has 2 rings (SSSR count). The Bertz CT molecular complexity index is 465. The van der Waals surface area contributed by atoms with Gasteiger partial charge in [0, 0.05) is 18.0 Å². The molecule has 1 aliphatic rings. The summed E-state index contributed by atoms with van der Waals surface area (Å²) >= 11 is 1.62. The number of hydrogen-bond acceptors (Lipinski definition) is 5. The highest BCUT2D eigenvalue weighted by Gasteiger charge is 2.31. The first-order valence-corrected chi connectivity index (χ1v) is 7.50. The van der Waals surface area contributed by atoms with Crippen LogP contribution < -0.4 is 10.6 Å². The zero-order chi connectivity index (χ0) is 14.2. The second-order valence-corrected chi connectivity index (χ2v) is 7.27. The highest BCUT2D eigenvalue weighted by Crippen LogP contribution is 2.33. The SMILES string of the molecule is C[C@H]1CC[C@@H](C(N)=O)CN1c1nnc(C(C)(C)C)s1. The van der Waals surface area contributed by atoms with Gasteiger partial charge in [-0.3, -0.25) is 4.79 Å². The number of hydrogen-bond donors (Lipinski definition) is 1. The van der Waals surface area contributed by atoms with Gasteiger partial charge in [-0.25, -0.2) is 0 Å².